The van der Waals surface area contributed by atoms with E-state index in [2.05, 4.69) is 50.2 Å². The molecule has 2 aliphatic rings. The Balaban J connectivity index is 1.95. The van der Waals surface area contributed by atoms with Crippen LogP contribution in [0.1, 0.15) is 36.7 Å². The molecule has 0 bridgehead atoms. The van der Waals surface area contributed by atoms with Crippen molar-refractivity contribution >= 4 is 17.2 Å². The number of nitrogens with one attached hydrogen (secondary N) is 1. The molecule has 4 heteroatoms. The number of allylic oxidation sites excluding steroid dienone is 1. The van der Waals surface area contributed by atoms with Gasteiger partial charge in [0.15, 0.2) is 0 Å². The number of benzene rings is 1. The molecule has 1 fully saturated rings. The van der Waals surface area contributed by atoms with E-state index >= 15 is 0 Å². The van der Waals surface area contributed by atoms with E-state index in [9.17, 15) is 4.79 Å². The Morgan fingerprint density at radius 1 is 1.18 bits per heavy atom. The number of anilines is 1. The molecular weight excluding hydrogens is 274 g/mol. The summed E-state index contributed by atoms with van der Waals surface area (Å²) in [5, 5.41) is 3.53. The Morgan fingerprint density at radius 2 is 1.86 bits per heavy atom. The van der Waals surface area contributed by atoms with Crippen LogP contribution in [0.15, 0.2) is 24.3 Å². The fourth-order valence-electron chi connectivity index (χ4n) is 3.35. The average Bonchev–Trinajstić information content (AvgIpc) is 2.46. The van der Waals surface area contributed by atoms with Crippen LogP contribution in [-0.2, 0) is 0 Å². The Kier molecular flexibility index (Phi) is 3.73. The molecule has 0 radical (unpaired) electrons. The molecule has 0 unspecified atom stereocenters. The van der Waals surface area contributed by atoms with E-state index in [0.717, 1.165) is 43.0 Å². The lowest BCUT2D eigenvalue weighted by Gasteiger charge is -2.35. The van der Waals surface area contributed by atoms with Crippen molar-refractivity contribution in [2.24, 2.45) is 0 Å². The smallest absolute Gasteiger partial charge is 0.256 e. The minimum Gasteiger partial charge on any atom is -0.376 e. The number of hydrogen-bond acceptors (Lipinski definition) is 3. The highest BCUT2D eigenvalue weighted by Crippen LogP contribution is 2.36. The minimum absolute atomic E-state index is 0.129. The minimum atomic E-state index is -0.129. The molecule has 1 N–H and O–H groups in total. The van der Waals surface area contributed by atoms with E-state index < -0.39 is 0 Å². The quantitative estimate of drug-likeness (QED) is 0.866. The van der Waals surface area contributed by atoms with Gasteiger partial charge in [0, 0.05) is 31.7 Å². The molecule has 2 aliphatic heterocycles. The monoisotopic (exact) mass is 299 g/mol. The summed E-state index contributed by atoms with van der Waals surface area (Å²) in [5.74, 6) is 0.142. The summed E-state index contributed by atoms with van der Waals surface area (Å²) < 4.78 is 0. The third-order valence-electron chi connectivity index (χ3n) is 4.53. The number of amides is 1. The maximum absolute atomic E-state index is 12.9. The van der Waals surface area contributed by atoms with Gasteiger partial charge in [0.25, 0.3) is 5.91 Å². The van der Waals surface area contributed by atoms with Crippen LogP contribution in [0.2, 0.25) is 0 Å². The topological polar surface area (TPSA) is 35.6 Å². The molecule has 2 heterocycles. The van der Waals surface area contributed by atoms with Crippen LogP contribution in [0, 0.1) is 0 Å². The first-order chi connectivity index (χ1) is 10.4. The van der Waals surface area contributed by atoms with Crippen LogP contribution < -0.4 is 5.32 Å². The number of rotatable bonds is 1. The zero-order valence-corrected chi connectivity index (χ0v) is 13.9. The van der Waals surface area contributed by atoms with Crippen molar-refractivity contribution < 1.29 is 4.79 Å². The molecule has 4 nitrogen and oxygen atoms in total. The summed E-state index contributed by atoms with van der Waals surface area (Å²) in [7, 11) is 2.10. The number of likely N-dealkylation sites (N-methyl/N-ethyl adjacent to an activating group) is 1. The maximum atomic E-state index is 12.9. The number of carbonyl (C=O) groups excluding carboxylic acids is 1. The van der Waals surface area contributed by atoms with E-state index in [1.807, 2.05) is 17.0 Å². The number of piperazine rings is 1. The molecule has 118 valence electrons. The third kappa shape index (κ3) is 2.75. The second-order valence-electron chi connectivity index (χ2n) is 7.00. The number of carbonyl (C=O) groups is 1. The van der Waals surface area contributed by atoms with Gasteiger partial charge in [-0.1, -0.05) is 18.2 Å². The van der Waals surface area contributed by atoms with Crippen molar-refractivity contribution in [3.05, 3.63) is 35.4 Å². The van der Waals surface area contributed by atoms with Gasteiger partial charge in [-0.25, -0.2) is 0 Å². The largest absolute Gasteiger partial charge is 0.376 e. The highest BCUT2D eigenvalue weighted by Gasteiger charge is 2.28. The van der Waals surface area contributed by atoms with Crippen LogP contribution in [0.25, 0.3) is 5.57 Å². The zero-order chi connectivity index (χ0) is 15.9. The molecule has 0 spiro atoms. The predicted octanol–water partition coefficient (Wildman–Crippen LogP) is 2.68. The fraction of sp³-hybridized carbons (Fsp3) is 0.500. The van der Waals surface area contributed by atoms with Gasteiger partial charge in [-0.3, -0.25) is 4.79 Å². The Bertz CT molecular complexity index is 625. The molecule has 22 heavy (non-hydrogen) atoms. The SMILES string of the molecule is CC1=CC(C)(C)Nc2c(C(=O)N3CCN(C)CC3)cccc21. The van der Waals surface area contributed by atoms with E-state index in [1.54, 1.807) is 0 Å². The molecule has 0 aromatic heterocycles. The summed E-state index contributed by atoms with van der Waals surface area (Å²) in [6.07, 6.45) is 2.22. The first-order valence-electron chi connectivity index (χ1n) is 7.96. The van der Waals surface area contributed by atoms with Gasteiger partial charge < -0.3 is 15.1 Å². The molecule has 1 amide bonds. The van der Waals surface area contributed by atoms with Gasteiger partial charge in [0.1, 0.15) is 0 Å². The summed E-state index contributed by atoms with van der Waals surface area (Å²) >= 11 is 0. The first-order valence-corrected chi connectivity index (χ1v) is 7.96. The van der Waals surface area contributed by atoms with Gasteiger partial charge in [0.2, 0.25) is 0 Å². The zero-order valence-electron chi connectivity index (χ0n) is 13.9. The van der Waals surface area contributed by atoms with Crippen LogP contribution in [0.4, 0.5) is 5.69 Å². The van der Waals surface area contributed by atoms with Crippen LogP contribution in [-0.4, -0.2) is 54.5 Å². The van der Waals surface area contributed by atoms with Crippen molar-refractivity contribution in [1.82, 2.24) is 9.80 Å². The van der Waals surface area contributed by atoms with Crippen LogP contribution in [0.3, 0.4) is 0 Å². The Hall–Kier alpha value is -1.81. The van der Waals surface area contributed by atoms with E-state index in [0.29, 0.717) is 0 Å². The lowest BCUT2D eigenvalue weighted by Crippen LogP contribution is -2.47. The summed E-state index contributed by atoms with van der Waals surface area (Å²) in [4.78, 5) is 17.2. The molecule has 3 rings (SSSR count). The van der Waals surface area contributed by atoms with Gasteiger partial charge >= 0.3 is 0 Å². The molecule has 0 aliphatic carbocycles. The van der Waals surface area contributed by atoms with Crippen LogP contribution in [0.5, 0.6) is 0 Å². The predicted molar refractivity (Wildman–Crippen MR) is 91.2 cm³/mol. The molecule has 1 saturated heterocycles. The highest BCUT2D eigenvalue weighted by atomic mass is 16.2. The number of hydrogen-bond donors (Lipinski definition) is 1. The van der Waals surface area contributed by atoms with Gasteiger partial charge in [-0.05, 0) is 39.5 Å². The maximum Gasteiger partial charge on any atom is 0.256 e. The van der Waals surface area contributed by atoms with Crippen molar-refractivity contribution in [2.75, 3.05) is 38.5 Å². The Morgan fingerprint density at radius 3 is 2.55 bits per heavy atom. The normalized spacial score (nSPS) is 20.9. The number of fused-ring (bicyclic) bond motifs is 1. The molecule has 0 atom stereocenters. The third-order valence-corrected chi connectivity index (χ3v) is 4.53. The van der Waals surface area contributed by atoms with E-state index in [1.165, 1.54) is 5.57 Å². The van der Waals surface area contributed by atoms with Gasteiger partial charge in [0.05, 0.1) is 16.8 Å². The second kappa shape index (κ2) is 5.43. The molecule has 1 aromatic rings. The summed E-state index contributed by atoms with van der Waals surface area (Å²) in [6, 6.07) is 6.02. The van der Waals surface area contributed by atoms with Crippen molar-refractivity contribution in [1.29, 1.82) is 0 Å². The lowest BCUT2D eigenvalue weighted by atomic mass is 9.89. The van der Waals surface area contributed by atoms with E-state index in [-0.39, 0.29) is 11.4 Å². The fourth-order valence-corrected chi connectivity index (χ4v) is 3.35. The van der Waals surface area contributed by atoms with Crippen molar-refractivity contribution in [3.8, 4) is 0 Å². The van der Waals surface area contributed by atoms with Gasteiger partial charge in [-0.15, -0.1) is 0 Å². The molecule has 1 aromatic carbocycles. The van der Waals surface area contributed by atoms with Crippen molar-refractivity contribution in [2.45, 2.75) is 26.3 Å². The van der Waals surface area contributed by atoms with Crippen molar-refractivity contribution in [3.63, 3.8) is 0 Å². The highest BCUT2D eigenvalue weighted by molar-refractivity contribution is 6.03. The average molecular weight is 299 g/mol. The lowest BCUT2D eigenvalue weighted by molar-refractivity contribution is 0.0665. The molecule has 0 saturated carbocycles. The molecular formula is C18H25N3O. The van der Waals surface area contributed by atoms with E-state index in [4.69, 9.17) is 0 Å². The second-order valence-corrected chi connectivity index (χ2v) is 7.00. The number of nitrogens with zero attached hydrogens (tertiary/aromatic N) is 2. The first kappa shape index (κ1) is 15.1. The Labute approximate surface area is 132 Å². The number of para-hydroxylation sites is 1. The standard InChI is InChI=1S/C18H25N3O/c1-13-12-18(2,3)19-16-14(13)6-5-7-15(16)17(22)21-10-8-20(4)9-11-21/h5-7,12,19H,8-11H2,1-4H3. The van der Waals surface area contributed by atoms with Gasteiger partial charge in [-0.2, -0.15) is 0 Å². The summed E-state index contributed by atoms with van der Waals surface area (Å²) in [6.45, 7) is 9.88. The van der Waals surface area contributed by atoms with Crippen LogP contribution >= 0.6 is 0 Å². The summed E-state index contributed by atoms with van der Waals surface area (Å²) in [5.41, 5.74) is 4.01.